The van der Waals surface area contributed by atoms with Crippen LogP contribution in [0.25, 0.3) is 0 Å². The first-order chi connectivity index (χ1) is 9.65. The SMILES string of the molecule is NC(=O)C1CCCN(C(=O)C2Cc3ccccc3O2)C1. The highest BCUT2D eigenvalue weighted by molar-refractivity contribution is 5.84. The van der Waals surface area contributed by atoms with E-state index in [1.165, 1.54) is 0 Å². The maximum absolute atomic E-state index is 12.5. The number of hydrogen-bond donors (Lipinski definition) is 1. The maximum atomic E-state index is 12.5. The van der Waals surface area contributed by atoms with Crippen molar-refractivity contribution in [1.82, 2.24) is 4.90 Å². The van der Waals surface area contributed by atoms with E-state index in [1.54, 1.807) is 4.90 Å². The van der Waals surface area contributed by atoms with Gasteiger partial charge >= 0.3 is 0 Å². The van der Waals surface area contributed by atoms with Gasteiger partial charge in [-0.25, -0.2) is 0 Å². The van der Waals surface area contributed by atoms with Crippen LogP contribution in [0.5, 0.6) is 5.75 Å². The fourth-order valence-electron chi connectivity index (χ4n) is 2.93. The molecular weight excluding hydrogens is 256 g/mol. The van der Waals surface area contributed by atoms with Gasteiger partial charge in [-0.1, -0.05) is 18.2 Å². The Morgan fingerprint density at radius 3 is 2.85 bits per heavy atom. The van der Waals surface area contributed by atoms with Crippen molar-refractivity contribution < 1.29 is 14.3 Å². The molecule has 2 atom stereocenters. The van der Waals surface area contributed by atoms with Crippen LogP contribution in [0, 0.1) is 5.92 Å². The lowest BCUT2D eigenvalue weighted by Gasteiger charge is -2.32. The standard InChI is InChI=1S/C15H18N2O3/c16-14(18)11-5-3-7-17(9-11)15(19)13-8-10-4-1-2-6-12(10)20-13/h1-2,4,6,11,13H,3,5,7-9H2,(H2,16,18). The first-order valence-electron chi connectivity index (χ1n) is 6.98. The Hall–Kier alpha value is -2.04. The van der Waals surface area contributed by atoms with Crippen LogP contribution in [0.1, 0.15) is 18.4 Å². The highest BCUT2D eigenvalue weighted by atomic mass is 16.5. The Bertz CT molecular complexity index is 519. The van der Waals surface area contributed by atoms with E-state index in [9.17, 15) is 9.59 Å². The zero-order valence-corrected chi connectivity index (χ0v) is 11.2. The van der Waals surface area contributed by atoms with E-state index in [2.05, 4.69) is 0 Å². The van der Waals surface area contributed by atoms with Crippen LogP contribution in [0.4, 0.5) is 0 Å². The Morgan fingerprint density at radius 2 is 2.10 bits per heavy atom. The fraction of sp³-hybridized carbons (Fsp3) is 0.467. The number of carbonyl (C=O) groups is 2. The summed E-state index contributed by atoms with van der Waals surface area (Å²) in [5, 5.41) is 0. The molecular formula is C15H18N2O3. The van der Waals surface area contributed by atoms with Crippen molar-refractivity contribution in [3.63, 3.8) is 0 Å². The van der Waals surface area contributed by atoms with E-state index in [1.807, 2.05) is 24.3 Å². The zero-order valence-electron chi connectivity index (χ0n) is 11.2. The van der Waals surface area contributed by atoms with E-state index < -0.39 is 6.10 Å². The molecule has 2 heterocycles. The van der Waals surface area contributed by atoms with Gasteiger partial charge in [0.15, 0.2) is 6.10 Å². The van der Waals surface area contributed by atoms with Crippen molar-refractivity contribution in [2.45, 2.75) is 25.4 Å². The summed E-state index contributed by atoms with van der Waals surface area (Å²) < 4.78 is 5.71. The highest BCUT2D eigenvalue weighted by Gasteiger charge is 2.35. The summed E-state index contributed by atoms with van der Waals surface area (Å²) >= 11 is 0. The van der Waals surface area contributed by atoms with Crippen LogP contribution < -0.4 is 10.5 Å². The van der Waals surface area contributed by atoms with Crippen molar-refractivity contribution in [3.05, 3.63) is 29.8 Å². The van der Waals surface area contributed by atoms with Gasteiger partial charge in [0.05, 0.1) is 5.92 Å². The first kappa shape index (κ1) is 13.0. The van der Waals surface area contributed by atoms with Crippen molar-refractivity contribution in [2.75, 3.05) is 13.1 Å². The van der Waals surface area contributed by atoms with Gasteiger partial charge in [0.25, 0.3) is 5.91 Å². The van der Waals surface area contributed by atoms with E-state index in [0.717, 1.165) is 24.2 Å². The predicted octanol–water partition coefficient (Wildman–Crippen LogP) is 0.714. The van der Waals surface area contributed by atoms with Gasteiger partial charge in [0.2, 0.25) is 5.91 Å². The molecule has 1 aromatic rings. The van der Waals surface area contributed by atoms with Gasteiger partial charge in [0, 0.05) is 19.5 Å². The van der Waals surface area contributed by atoms with E-state index in [4.69, 9.17) is 10.5 Å². The van der Waals surface area contributed by atoms with Gasteiger partial charge in [-0.2, -0.15) is 0 Å². The quantitative estimate of drug-likeness (QED) is 0.863. The maximum Gasteiger partial charge on any atom is 0.264 e. The summed E-state index contributed by atoms with van der Waals surface area (Å²) in [5.41, 5.74) is 6.41. The second-order valence-electron chi connectivity index (χ2n) is 5.44. The third kappa shape index (κ3) is 2.35. The Labute approximate surface area is 117 Å². The van der Waals surface area contributed by atoms with E-state index in [-0.39, 0.29) is 17.7 Å². The number of rotatable bonds is 2. The molecule has 1 fully saturated rings. The molecule has 5 nitrogen and oxygen atoms in total. The molecule has 2 amide bonds. The topological polar surface area (TPSA) is 72.6 Å². The number of fused-ring (bicyclic) bond motifs is 1. The van der Waals surface area contributed by atoms with Crippen molar-refractivity contribution >= 4 is 11.8 Å². The molecule has 0 radical (unpaired) electrons. The molecule has 1 aromatic carbocycles. The average molecular weight is 274 g/mol. The summed E-state index contributed by atoms with van der Waals surface area (Å²) in [6, 6.07) is 7.70. The number of carbonyl (C=O) groups excluding carboxylic acids is 2. The predicted molar refractivity (Wildman–Crippen MR) is 73.1 cm³/mol. The van der Waals surface area contributed by atoms with E-state index >= 15 is 0 Å². The minimum Gasteiger partial charge on any atom is -0.480 e. The molecule has 2 aliphatic rings. The number of nitrogens with zero attached hydrogens (tertiary/aromatic N) is 1. The number of nitrogens with two attached hydrogens (primary N) is 1. The lowest BCUT2D eigenvalue weighted by atomic mass is 9.97. The number of amides is 2. The largest absolute Gasteiger partial charge is 0.480 e. The zero-order chi connectivity index (χ0) is 14.1. The highest BCUT2D eigenvalue weighted by Crippen LogP contribution is 2.29. The number of benzene rings is 1. The van der Waals surface area contributed by atoms with Crippen LogP contribution in [-0.4, -0.2) is 35.9 Å². The molecule has 2 unspecified atom stereocenters. The van der Waals surface area contributed by atoms with Crippen LogP contribution in [-0.2, 0) is 16.0 Å². The Morgan fingerprint density at radius 1 is 1.30 bits per heavy atom. The summed E-state index contributed by atoms with van der Waals surface area (Å²) in [5.74, 6) is 0.205. The second-order valence-corrected chi connectivity index (χ2v) is 5.44. The third-order valence-corrected chi connectivity index (χ3v) is 4.06. The smallest absolute Gasteiger partial charge is 0.264 e. The fourth-order valence-corrected chi connectivity index (χ4v) is 2.93. The molecule has 0 aromatic heterocycles. The van der Waals surface area contributed by atoms with Crippen LogP contribution >= 0.6 is 0 Å². The van der Waals surface area contributed by atoms with Gasteiger partial charge < -0.3 is 15.4 Å². The summed E-state index contributed by atoms with van der Waals surface area (Å²) in [4.78, 5) is 25.5. The molecule has 2 N–H and O–H groups in total. The minimum atomic E-state index is -0.459. The monoisotopic (exact) mass is 274 g/mol. The normalized spacial score (nSPS) is 24.9. The third-order valence-electron chi connectivity index (χ3n) is 4.06. The number of ether oxygens (including phenoxy) is 1. The van der Waals surface area contributed by atoms with Gasteiger partial charge in [0.1, 0.15) is 5.75 Å². The minimum absolute atomic E-state index is 0.0350. The number of primary amides is 1. The van der Waals surface area contributed by atoms with Crippen molar-refractivity contribution in [2.24, 2.45) is 11.7 Å². The van der Waals surface area contributed by atoms with Gasteiger partial charge in [-0.15, -0.1) is 0 Å². The number of likely N-dealkylation sites (tertiary alicyclic amines) is 1. The van der Waals surface area contributed by atoms with Crippen LogP contribution in [0.3, 0.4) is 0 Å². The molecule has 1 saturated heterocycles. The molecule has 106 valence electrons. The Kier molecular flexibility index (Phi) is 3.34. The number of hydrogen-bond acceptors (Lipinski definition) is 3. The second kappa shape index (κ2) is 5.15. The van der Waals surface area contributed by atoms with Crippen LogP contribution in [0.15, 0.2) is 24.3 Å². The van der Waals surface area contributed by atoms with Crippen LogP contribution in [0.2, 0.25) is 0 Å². The average Bonchev–Trinajstić information content (AvgIpc) is 2.90. The molecule has 0 aliphatic carbocycles. The lowest BCUT2D eigenvalue weighted by Crippen LogP contribution is -2.48. The van der Waals surface area contributed by atoms with Gasteiger partial charge in [-0.05, 0) is 24.5 Å². The molecule has 2 aliphatic heterocycles. The van der Waals surface area contributed by atoms with Gasteiger partial charge in [-0.3, -0.25) is 9.59 Å². The molecule has 0 spiro atoms. The number of piperidine rings is 1. The lowest BCUT2D eigenvalue weighted by molar-refractivity contribution is -0.141. The Balaban J connectivity index is 1.67. The summed E-state index contributed by atoms with van der Waals surface area (Å²) in [6.07, 6.45) is 1.73. The summed E-state index contributed by atoms with van der Waals surface area (Å²) in [7, 11) is 0. The summed E-state index contributed by atoms with van der Waals surface area (Å²) in [6.45, 7) is 1.10. The molecule has 0 bridgehead atoms. The number of para-hydroxylation sites is 1. The molecule has 5 heteroatoms. The van der Waals surface area contributed by atoms with Crippen molar-refractivity contribution in [3.8, 4) is 5.75 Å². The molecule has 3 rings (SSSR count). The first-order valence-corrected chi connectivity index (χ1v) is 6.98. The molecule has 20 heavy (non-hydrogen) atoms. The molecule has 0 saturated carbocycles. The van der Waals surface area contributed by atoms with Crippen molar-refractivity contribution in [1.29, 1.82) is 0 Å². The van der Waals surface area contributed by atoms with E-state index in [0.29, 0.717) is 19.5 Å².